The van der Waals surface area contributed by atoms with Crippen molar-refractivity contribution in [1.29, 1.82) is 0 Å². The average molecular weight is 1940 g/mol. The van der Waals surface area contributed by atoms with Crippen LogP contribution in [-0.4, -0.2) is 67.4 Å². The molecule has 5 aromatic heterocycles. The third kappa shape index (κ3) is 17.7. The number of aromatic nitrogens is 8. The van der Waals surface area contributed by atoms with Crippen LogP contribution in [-0.2, 0) is 122 Å². The number of nitrogens with zero attached hydrogens (tertiary/aromatic N) is 8. The predicted molar refractivity (Wildman–Crippen MR) is 470 cm³/mol. The Balaban J connectivity index is 0.000000157. The molecule has 12 aromatic rings. The van der Waals surface area contributed by atoms with Gasteiger partial charge in [0.25, 0.3) is 0 Å². The quantitative estimate of drug-likeness (QED) is 0.0598. The number of aromatic amines is 2. The molecule has 8 heterocycles. The van der Waals surface area contributed by atoms with E-state index in [-0.39, 0.29) is 66.5 Å². The summed E-state index contributed by atoms with van der Waals surface area (Å²) < 4.78 is 211. The van der Waals surface area contributed by atoms with Crippen LogP contribution in [0.25, 0.3) is 50.1 Å². The minimum atomic E-state index is -4.94. The van der Waals surface area contributed by atoms with Crippen LogP contribution in [0.15, 0.2) is 140 Å². The maximum atomic E-state index is 14.8. The zero-order valence-electron chi connectivity index (χ0n) is 70.7. The van der Waals surface area contributed by atoms with Crippen LogP contribution in [0.1, 0.15) is 218 Å². The highest BCUT2D eigenvalue weighted by molar-refractivity contribution is 14.1. The molecule has 0 spiro atoms. The van der Waals surface area contributed by atoms with Crippen LogP contribution in [0, 0.1) is 19.0 Å². The van der Waals surface area contributed by atoms with E-state index in [1.54, 1.807) is 30.6 Å². The van der Waals surface area contributed by atoms with Crippen LogP contribution >= 0.6 is 57.6 Å². The fraction of sp³-hybridized carbons (Fsp3) is 0.402. The first-order valence-electron chi connectivity index (χ1n) is 40.6. The highest BCUT2D eigenvalue weighted by Crippen LogP contribution is 2.50. The lowest BCUT2D eigenvalue weighted by Crippen LogP contribution is -2.41. The number of hydrogen-bond acceptors (Lipinski definition) is 7. The summed E-state index contributed by atoms with van der Waals surface area (Å²) in [5.74, 6) is -0.683. The van der Waals surface area contributed by atoms with Gasteiger partial charge in [0.1, 0.15) is 19.0 Å². The lowest BCUT2D eigenvalue weighted by molar-refractivity contribution is -0.144. The van der Waals surface area contributed by atoms with Crippen LogP contribution in [0.2, 0.25) is 0 Å². The van der Waals surface area contributed by atoms with E-state index in [1.165, 1.54) is 50.3 Å². The third-order valence-electron chi connectivity index (χ3n) is 24.6. The second-order valence-corrected chi connectivity index (χ2v) is 36.0. The Kier molecular flexibility index (Phi) is 26.5. The van der Waals surface area contributed by atoms with Gasteiger partial charge in [0.05, 0.1) is 95.4 Å². The summed E-state index contributed by atoms with van der Waals surface area (Å²) in [6, 6.07) is 32.2. The number of H-pyrrole nitrogens is 2. The Hall–Kier alpha value is -8.08. The summed E-state index contributed by atoms with van der Waals surface area (Å²) in [5, 5.41) is 16.6. The fourth-order valence-corrected chi connectivity index (χ4v) is 18.6. The molecule has 0 atom stereocenters. The molecule has 16 rings (SSSR count). The molecule has 650 valence electrons. The Morgan fingerprint density at radius 1 is 0.426 bits per heavy atom. The van der Waals surface area contributed by atoms with Crippen molar-refractivity contribution in [2.45, 2.75) is 241 Å². The molecule has 0 radical (unpaired) electrons. The molecular formula is C92H98BClF14I2N10O2. The van der Waals surface area contributed by atoms with Gasteiger partial charge in [-0.15, -0.1) is 12.4 Å². The fourth-order valence-electron chi connectivity index (χ4n) is 17.0. The lowest BCUT2D eigenvalue weighted by atomic mass is 9.77. The molecular weight excluding hydrogens is 1840 g/mol. The van der Waals surface area contributed by atoms with Crippen molar-refractivity contribution >= 4 is 92.0 Å². The number of halogens is 17. The third-order valence-corrected chi connectivity index (χ3v) is 26.8. The number of aryl methyl sites for hydroxylation is 6. The Morgan fingerprint density at radius 2 is 0.770 bits per heavy atom. The zero-order valence-corrected chi connectivity index (χ0v) is 75.8. The molecule has 4 aliphatic rings. The molecule has 12 nitrogen and oxygen atoms in total. The maximum absolute atomic E-state index is 14.8. The minimum absolute atomic E-state index is 0. The summed E-state index contributed by atoms with van der Waals surface area (Å²) in [5.41, 5.74) is 11.9. The van der Waals surface area contributed by atoms with Crippen molar-refractivity contribution in [2.24, 2.45) is 0 Å². The van der Waals surface area contributed by atoms with E-state index in [1.807, 2.05) is 119 Å². The summed E-state index contributed by atoms with van der Waals surface area (Å²) in [4.78, 5) is 9.57. The van der Waals surface area contributed by atoms with Crippen LogP contribution < -0.4 is 5.46 Å². The highest BCUT2D eigenvalue weighted by atomic mass is 127. The van der Waals surface area contributed by atoms with E-state index in [0.29, 0.717) is 39.9 Å². The topological polar surface area (TPSA) is 110 Å². The van der Waals surface area contributed by atoms with Gasteiger partial charge in [-0.3, -0.25) is 9.80 Å². The second-order valence-electron chi connectivity index (χ2n) is 33.9. The molecule has 7 aromatic carbocycles. The van der Waals surface area contributed by atoms with Gasteiger partial charge in [0, 0.05) is 77.0 Å². The Bertz CT molecular complexity index is 5740. The molecule has 0 bridgehead atoms. The van der Waals surface area contributed by atoms with Crippen LogP contribution in [0.3, 0.4) is 0 Å². The first kappa shape index (κ1) is 93.1. The van der Waals surface area contributed by atoms with Crippen molar-refractivity contribution in [3.8, 4) is 28.3 Å². The molecule has 0 amide bonds. The number of fused-ring (bicyclic) bond motifs is 5. The van der Waals surface area contributed by atoms with E-state index < -0.39 is 82.2 Å². The number of benzene rings is 7. The van der Waals surface area contributed by atoms with Crippen molar-refractivity contribution in [2.75, 3.05) is 0 Å². The minimum Gasteiger partial charge on any atom is -0.399 e. The van der Waals surface area contributed by atoms with Gasteiger partial charge in [-0.1, -0.05) is 116 Å². The summed E-state index contributed by atoms with van der Waals surface area (Å²) in [7, 11) is -0.469. The number of rotatable bonds is 15. The number of para-hydroxylation sites is 3. The van der Waals surface area contributed by atoms with Crippen molar-refractivity contribution in [3.05, 3.63) is 259 Å². The number of hydrogen-bond donors (Lipinski definition) is 2. The average Bonchev–Trinajstić information content (AvgIpc) is 1.56. The second kappa shape index (κ2) is 34.7. The molecule has 2 N–H and O–H groups in total. The van der Waals surface area contributed by atoms with Crippen LogP contribution in [0.5, 0.6) is 0 Å². The summed E-state index contributed by atoms with van der Waals surface area (Å²) >= 11 is 4.73. The van der Waals surface area contributed by atoms with Gasteiger partial charge in [0.15, 0.2) is 0 Å². The molecule has 122 heavy (non-hydrogen) atoms. The van der Waals surface area contributed by atoms with Gasteiger partial charge < -0.3 is 19.3 Å². The molecule has 3 aliphatic heterocycles. The van der Waals surface area contributed by atoms with Crippen molar-refractivity contribution < 1.29 is 70.8 Å². The van der Waals surface area contributed by atoms with E-state index in [2.05, 4.69) is 132 Å². The molecule has 0 saturated carbocycles. The Labute approximate surface area is 735 Å². The highest BCUT2D eigenvalue weighted by Gasteiger charge is 2.53. The SMILES string of the molecule is CC1(C)OB(c2ccc(F)c3[nH]ccc23)OC1(C)C.CCc1cccc(CC)c1-n1nc2c(c1-c1ccc(F)c3[nH]ccc13)CN(Cc1cc(C(F)(F)F)cc(C(F)(F)F)c1)C2(C)C.CCc1cccc(CC)c1-n1nc2c(c1I)CCC2(C)C.CCc1cccc(CC)c1-n1nc2c(c1I)CN(Cc1cc(C(F)(F)F)cc(C(F)(F)F)c1)C2(C)C.Cl. The lowest BCUT2D eigenvalue weighted by Gasteiger charge is -2.32. The molecule has 1 fully saturated rings. The van der Waals surface area contributed by atoms with E-state index in [4.69, 9.17) is 24.6 Å². The van der Waals surface area contributed by atoms with Crippen molar-refractivity contribution in [1.82, 2.24) is 49.1 Å². The van der Waals surface area contributed by atoms with Gasteiger partial charge in [-0.25, -0.2) is 22.8 Å². The predicted octanol–water partition coefficient (Wildman–Crippen LogP) is 25.3. The monoisotopic (exact) mass is 1940 g/mol. The summed E-state index contributed by atoms with van der Waals surface area (Å²) in [6.45, 7) is 33.2. The van der Waals surface area contributed by atoms with Gasteiger partial charge >= 0.3 is 31.8 Å². The normalized spacial score (nSPS) is 16.4. The van der Waals surface area contributed by atoms with Crippen molar-refractivity contribution in [3.63, 3.8) is 0 Å². The summed E-state index contributed by atoms with van der Waals surface area (Å²) in [6.07, 6.45) is -8.67. The van der Waals surface area contributed by atoms with Gasteiger partial charge in [0.2, 0.25) is 0 Å². The number of nitrogens with one attached hydrogen (secondary N) is 2. The first-order chi connectivity index (χ1) is 56.6. The van der Waals surface area contributed by atoms with E-state index in [0.717, 1.165) is 134 Å². The first-order valence-corrected chi connectivity index (χ1v) is 42.7. The standard InChI is InChI=1S/C34H31F7N4.C26H26F6IN3.C18H23IN2.C14H17BFNO2.ClH/c1-5-20-8-7-9-21(6-2)29(20)45-30(25-10-11-27(35)28-24(25)12-13-42-28)26-18-44(32(3,4)31(26)43-45)17-19-14-22(33(36,37)38)16-23(15-19)34(39,40)41;1-5-16-8-7-9-17(6-2)21(16)36-23(33)20-14-35(24(3,4)22(20)34-36)13-15-10-18(25(27,28)29)12-19(11-15)26(30,31)32;1-5-12-8-7-9-13(6-2)15(12)21-17(19)14-10-11-18(3,4)16(14)20-21;1-13(2)14(3,4)19-15(18-13)10-5-6-11(16)12-9(10)7-8-17-12;/h7-16,42H,5-6,17-18H2,1-4H3;7-12H,5-6,13-14H2,1-4H3;7-9H,5-6,10-11H2,1-4H3;5-8,17H,1-4H3;1H. The largest absolute Gasteiger partial charge is 0.495 e. The van der Waals surface area contributed by atoms with Crippen LogP contribution in [0.4, 0.5) is 61.5 Å². The zero-order chi connectivity index (χ0) is 88.1. The molecule has 1 saturated heterocycles. The molecule has 0 unspecified atom stereocenters. The van der Waals surface area contributed by atoms with E-state index >= 15 is 0 Å². The van der Waals surface area contributed by atoms with Gasteiger partial charge in [-0.05, 0) is 269 Å². The molecule has 1 aliphatic carbocycles. The van der Waals surface area contributed by atoms with E-state index in [9.17, 15) is 61.5 Å². The number of alkyl halides is 12. The van der Waals surface area contributed by atoms with Gasteiger partial charge in [-0.2, -0.15) is 68.0 Å². The molecule has 30 heteroatoms. The Morgan fingerprint density at radius 3 is 1.16 bits per heavy atom. The smallest absolute Gasteiger partial charge is 0.399 e. The maximum Gasteiger partial charge on any atom is 0.495 e.